The van der Waals surface area contributed by atoms with Gasteiger partial charge in [-0.05, 0) is 105 Å². The highest BCUT2D eigenvalue weighted by atomic mass is 32.1. The normalized spacial score (nSPS) is 12.9. The van der Waals surface area contributed by atoms with Gasteiger partial charge in [-0.15, -0.1) is 45.3 Å². The molecule has 0 unspecified atom stereocenters. The third-order valence-corrected chi connectivity index (χ3v) is 15.6. The Balaban J connectivity index is 0.000000168. The minimum Gasteiger partial charge on any atom is -0.506 e. The van der Waals surface area contributed by atoms with E-state index in [0.29, 0.717) is 0 Å². The highest BCUT2D eigenvalue weighted by molar-refractivity contribution is 7.21. The molecule has 0 saturated carbocycles. The van der Waals surface area contributed by atoms with E-state index in [2.05, 4.69) is 123 Å². The number of thiophene rings is 4. The second kappa shape index (κ2) is 19.1. The van der Waals surface area contributed by atoms with Crippen molar-refractivity contribution in [1.82, 2.24) is 0 Å². The van der Waals surface area contributed by atoms with Crippen LogP contribution < -0.4 is 4.74 Å². The first-order valence-corrected chi connectivity index (χ1v) is 25.1. The van der Waals surface area contributed by atoms with Crippen LogP contribution in [0.15, 0.2) is 143 Å². The van der Waals surface area contributed by atoms with Gasteiger partial charge >= 0.3 is 0 Å². The molecule has 8 aromatic rings. The van der Waals surface area contributed by atoms with E-state index in [9.17, 15) is 10.2 Å². The molecule has 9 rings (SSSR count). The first kappa shape index (κ1) is 42.9. The number of hydrogen-bond acceptors (Lipinski definition) is 7. The largest absolute Gasteiger partial charge is 0.506 e. The highest BCUT2D eigenvalue weighted by Crippen LogP contribution is 2.55. The van der Waals surface area contributed by atoms with Gasteiger partial charge in [-0.1, -0.05) is 150 Å². The molecule has 5 heterocycles. The Bertz CT molecular complexity index is 2520. The molecule has 0 spiro atoms. The molecule has 0 fully saturated rings. The van der Waals surface area contributed by atoms with Crippen molar-refractivity contribution >= 4 is 45.3 Å². The number of hydrogen-bond donors (Lipinski definition) is 2. The maximum absolute atomic E-state index is 12.4. The average molecular weight is 879 g/mol. The van der Waals surface area contributed by atoms with Crippen LogP contribution in [-0.4, -0.2) is 10.2 Å². The molecule has 1 aliphatic heterocycles. The molecular weight excluding hydrogens is 825 g/mol. The van der Waals surface area contributed by atoms with Crippen LogP contribution in [0.2, 0.25) is 0 Å². The third kappa shape index (κ3) is 8.44. The SMILES string of the molecule is CCCc1ccc(C(O)(c2ccc(CCC)cc2)c2ccsc2-c2sccc2O)cc1.CCCc1ccc(C2(c3ccc(CCC)cc3)Oc3ccsc3-c3sccc32)cc1. The minimum absolute atomic E-state index is 0.257. The van der Waals surface area contributed by atoms with Crippen LogP contribution in [0.3, 0.4) is 0 Å². The van der Waals surface area contributed by atoms with Gasteiger partial charge in [-0.3, -0.25) is 0 Å². The molecular formula is C54H54O3S4. The van der Waals surface area contributed by atoms with Crippen molar-refractivity contribution in [2.24, 2.45) is 0 Å². The number of aryl methyl sites for hydroxylation is 4. The third-order valence-electron chi connectivity index (χ3n) is 11.7. The van der Waals surface area contributed by atoms with Gasteiger partial charge in [-0.2, -0.15) is 0 Å². The molecule has 4 aromatic carbocycles. The molecule has 3 nitrogen and oxygen atoms in total. The van der Waals surface area contributed by atoms with Crippen molar-refractivity contribution in [3.05, 3.63) is 198 Å². The number of benzene rings is 4. The number of rotatable bonds is 14. The molecule has 0 atom stereocenters. The van der Waals surface area contributed by atoms with Crippen LogP contribution in [-0.2, 0) is 36.9 Å². The van der Waals surface area contributed by atoms with E-state index in [4.69, 9.17) is 4.74 Å². The summed E-state index contributed by atoms with van der Waals surface area (Å²) in [7, 11) is 0. The lowest BCUT2D eigenvalue weighted by molar-refractivity contribution is 0.126. The lowest BCUT2D eigenvalue weighted by Crippen LogP contribution is -2.37. The Kier molecular flexibility index (Phi) is 13.4. The van der Waals surface area contributed by atoms with Crippen LogP contribution >= 0.6 is 45.3 Å². The Morgan fingerprint density at radius 2 is 0.869 bits per heavy atom. The molecule has 61 heavy (non-hydrogen) atoms. The molecule has 0 aliphatic carbocycles. The van der Waals surface area contributed by atoms with Gasteiger partial charge in [0.25, 0.3) is 0 Å². The number of aromatic hydroxyl groups is 1. The Labute approximate surface area is 377 Å². The molecule has 0 saturated heterocycles. The van der Waals surface area contributed by atoms with Crippen molar-refractivity contribution in [2.75, 3.05) is 0 Å². The fraction of sp³-hybridized carbons (Fsp3) is 0.259. The summed E-state index contributed by atoms with van der Waals surface area (Å²) in [6.07, 6.45) is 8.77. The van der Waals surface area contributed by atoms with Gasteiger partial charge in [0.1, 0.15) is 17.1 Å². The van der Waals surface area contributed by atoms with Gasteiger partial charge in [0, 0.05) is 22.3 Å². The second-order valence-corrected chi connectivity index (χ2v) is 19.5. The molecule has 2 N–H and O–H groups in total. The van der Waals surface area contributed by atoms with Gasteiger partial charge < -0.3 is 14.9 Å². The summed E-state index contributed by atoms with van der Waals surface area (Å²) < 4.78 is 6.93. The van der Waals surface area contributed by atoms with Crippen molar-refractivity contribution in [1.29, 1.82) is 0 Å². The van der Waals surface area contributed by atoms with Gasteiger partial charge in [0.15, 0.2) is 5.60 Å². The highest BCUT2D eigenvalue weighted by Gasteiger charge is 2.45. The monoisotopic (exact) mass is 878 g/mol. The van der Waals surface area contributed by atoms with Crippen molar-refractivity contribution in [2.45, 2.75) is 90.3 Å². The topological polar surface area (TPSA) is 49.7 Å². The fourth-order valence-corrected chi connectivity index (χ4v) is 12.5. The fourth-order valence-electron chi connectivity index (χ4n) is 8.63. The smallest absolute Gasteiger partial charge is 0.186 e. The van der Waals surface area contributed by atoms with Crippen LogP contribution in [0.1, 0.15) is 109 Å². The Hall–Kier alpha value is -4.76. The molecule has 4 aromatic heterocycles. The summed E-state index contributed by atoms with van der Waals surface area (Å²) in [4.78, 5) is 4.29. The predicted molar refractivity (Wildman–Crippen MR) is 261 cm³/mol. The van der Waals surface area contributed by atoms with Crippen molar-refractivity contribution in [3.8, 4) is 31.0 Å². The molecule has 1 aliphatic rings. The molecule has 7 heteroatoms. The number of ether oxygens (including phenoxy) is 1. The van der Waals surface area contributed by atoms with Gasteiger partial charge in [0.2, 0.25) is 0 Å². The summed E-state index contributed by atoms with van der Waals surface area (Å²) in [6.45, 7) is 8.81. The van der Waals surface area contributed by atoms with E-state index in [1.54, 1.807) is 28.7 Å². The van der Waals surface area contributed by atoms with Crippen molar-refractivity contribution in [3.63, 3.8) is 0 Å². The zero-order valence-corrected chi connectivity index (χ0v) is 38.7. The van der Waals surface area contributed by atoms with E-state index in [-0.39, 0.29) is 5.75 Å². The molecule has 0 bridgehead atoms. The Morgan fingerprint density at radius 3 is 1.34 bits per heavy atom. The summed E-state index contributed by atoms with van der Waals surface area (Å²) in [6, 6.07) is 42.8. The second-order valence-electron chi connectivity index (χ2n) is 15.9. The van der Waals surface area contributed by atoms with Crippen molar-refractivity contribution < 1.29 is 14.9 Å². The maximum Gasteiger partial charge on any atom is 0.186 e. The zero-order valence-electron chi connectivity index (χ0n) is 35.4. The van der Waals surface area contributed by atoms with E-state index >= 15 is 0 Å². The Morgan fingerprint density at radius 1 is 0.459 bits per heavy atom. The van der Waals surface area contributed by atoms with E-state index < -0.39 is 11.2 Å². The zero-order chi connectivity index (χ0) is 42.4. The lowest BCUT2D eigenvalue weighted by Gasteiger charge is -2.39. The summed E-state index contributed by atoms with van der Waals surface area (Å²) >= 11 is 6.63. The van der Waals surface area contributed by atoms with Crippen LogP contribution in [0.25, 0.3) is 19.5 Å². The van der Waals surface area contributed by atoms with Crippen LogP contribution in [0.4, 0.5) is 0 Å². The first-order chi connectivity index (χ1) is 29.8. The lowest BCUT2D eigenvalue weighted by atomic mass is 9.78. The molecule has 0 amide bonds. The predicted octanol–water partition coefficient (Wildman–Crippen LogP) is 15.4. The van der Waals surface area contributed by atoms with E-state index in [0.717, 1.165) is 83.6 Å². The number of aliphatic hydroxyl groups is 1. The van der Waals surface area contributed by atoms with E-state index in [1.165, 1.54) is 60.0 Å². The maximum atomic E-state index is 12.4. The quantitative estimate of drug-likeness (QED) is 0.114. The minimum atomic E-state index is -1.30. The van der Waals surface area contributed by atoms with Crippen LogP contribution in [0.5, 0.6) is 11.5 Å². The van der Waals surface area contributed by atoms with Gasteiger partial charge in [0.05, 0.1) is 19.5 Å². The summed E-state index contributed by atoms with van der Waals surface area (Å²) in [5, 5.41) is 30.9. The average Bonchev–Trinajstić information content (AvgIpc) is 4.13. The summed E-state index contributed by atoms with van der Waals surface area (Å²) in [5.41, 5.74) is 9.53. The van der Waals surface area contributed by atoms with Crippen LogP contribution in [0, 0.1) is 0 Å². The number of fused-ring (bicyclic) bond motifs is 3. The molecule has 312 valence electrons. The molecule has 0 radical (unpaired) electrons. The summed E-state index contributed by atoms with van der Waals surface area (Å²) in [5.74, 6) is 1.25. The van der Waals surface area contributed by atoms with E-state index in [1.807, 2.05) is 52.4 Å². The van der Waals surface area contributed by atoms with Gasteiger partial charge in [-0.25, -0.2) is 0 Å². The standard InChI is InChI=1S/C27H28O2S2.C27H26OS2/c1-3-5-19-7-11-21(12-8-19)27(29,22-13-9-20(6-4-2)10-14-22)23-15-17-30-25(23)26-24(28)16-18-31-26;1-3-5-19-7-11-21(12-8-19)27(22-13-9-20(6-4-2)10-14-22)23-15-17-29-25(23)26-24(28-27)16-18-30-26/h7-18,28-29H,3-6H2,1-2H3;7-18H,3-6H2,1-2H3. The first-order valence-electron chi connectivity index (χ1n) is 21.6.